The zero-order valence-corrected chi connectivity index (χ0v) is 9.72. The number of nitrogens with one attached hydrogen (secondary N) is 1. The van der Waals surface area contributed by atoms with Crippen LogP contribution in [0.25, 0.3) is 0 Å². The highest BCUT2D eigenvalue weighted by Gasteiger charge is 2.03. The molecule has 0 fully saturated rings. The van der Waals surface area contributed by atoms with E-state index in [0.29, 0.717) is 0 Å². The number of hydrogen-bond acceptors (Lipinski definition) is 3. The minimum atomic E-state index is 0.873. The molecule has 0 radical (unpaired) electrons. The Morgan fingerprint density at radius 1 is 1.38 bits per heavy atom. The number of aromatic nitrogens is 4. The van der Waals surface area contributed by atoms with Crippen molar-refractivity contribution in [3.8, 4) is 0 Å². The Kier molecular flexibility index (Phi) is 3.24. The smallest absolute Gasteiger partial charge is 0.207 e. The van der Waals surface area contributed by atoms with Gasteiger partial charge in [0, 0.05) is 31.7 Å². The average molecular weight is 219 g/mol. The molecule has 0 aliphatic heterocycles. The Morgan fingerprint density at radius 2 is 2.25 bits per heavy atom. The van der Waals surface area contributed by atoms with Crippen LogP contribution in [0, 0.1) is 0 Å². The Morgan fingerprint density at radius 3 is 2.94 bits per heavy atom. The average Bonchev–Trinajstić information content (AvgIpc) is 2.90. The van der Waals surface area contributed by atoms with Gasteiger partial charge in [-0.15, -0.1) is 0 Å². The summed E-state index contributed by atoms with van der Waals surface area (Å²) < 4.78 is 3.98. The molecule has 0 bridgehead atoms. The van der Waals surface area contributed by atoms with Crippen LogP contribution < -0.4 is 5.32 Å². The van der Waals surface area contributed by atoms with E-state index in [1.165, 1.54) is 0 Å². The van der Waals surface area contributed by atoms with Crippen molar-refractivity contribution in [2.75, 3.05) is 5.32 Å². The molecule has 2 rings (SSSR count). The summed E-state index contributed by atoms with van der Waals surface area (Å²) in [4.78, 5) is 4.28. The quantitative estimate of drug-likeness (QED) is 0.839. The molecule has 0 saturated heterocycles. The van der Waals surface area contributed by atoms with E-state index in [4.69, 9.17) is 0 Å². The first-order chi connectivity index (χ1) is 7.83. The third-order valence-corrected chi connectivity index (χ3v) is 2.39. The monoisotopic (exact) mass is 219 g/mol. The second-order valence-electron chi connectivity index (χ2n) is 3.65. The highest BCUT2D eigenvalue weighted by Crippen LogP contribution is 2.14. The van der Waals surface area contributed by atoms with Gasteiger partial charge in [-0.1, -0.05) is 6.92 Å². The third-order valence-electron chi connectivity index (χ3n) is 2.39. The molecule has 1 N–H and O–H groups in total. The molecule has 5 heteroatoms. The summed E-state index contributed by atoms with van der Waals surface area (Å²) in [7, 11) is 0. The van der Waals surface area contributed by atoms with Crippen LogP contribution in [-0.2, 0) is 13.1 Å². The highest BCUT2D eigenvalue weighted by atomic mass is 15.3. The first kappa shape index (κ1) is 10.7. The third kappa shape index (κ3) is 2.24. The first-order valence-electron chi connectivity index (χ1n) is 5.64. The van der Waals surface area contributed by atoms with E-state index >= 15 is 0 Å². The molecule has 0 unspecified atom stereocenters. The molecule has 0 atom stereocenters. The number of aryl methyl sites for hydroxylation is 2. The van der Waals surface area contributed by atoms with Gasteiger partial charge in [-0.3, -0.25) is 4.68 Å². The lowest BCUT2D eigenvalue weighted by atomic mass is 10.5. The first-order valence-corrected chi connectivity index (χ1v) is 5.64. The van der Waals surface area contributed by atoms with Gasteiger partial charge in [-0.25, -0.2) is 4.98 Å². The predicted molar refractivity (Wildman–Crippen MR) is 63.7 cm³/mol. The number of anilines is 2. The maximum atomic E-state index is 4.28. The molecule has 5 nitrogen and oxygen atoms in total. The van der Waals surface area contributed by atoms with Gasteiger partial charge in [0.2, 0.25) is 5.95 Å². The van der Waals surface area contributed by atoms with Crippen LogP contribution in [-0.4, -0.2) is 19.3 Å². The van der Waals surface area contributed by atoms with E-state index in [1.807, 2.05) is 29.5 Å². The molecule has 0 amide bonds. The fourth-order valence-corrected chi connectivity index (χ4v) is 1.58. The second-order valence-corrected chi connectivity index (χ2v) is 3.65. The van der Waals surface area contributed by atoms with Gasteiger partial charge >= 0.3 is 0 Å². The maximum Gasteiger partial charge on any atom is 0.207 e. The standard InChI is InChI=1S/C11H17N5/c1-3-6-15-7-5-12-11(15)14-10-8-13-16(4-2)9-10/h5,7-9H,3-4,6H2,1-2H3,(H,12,14). The van der Waals surface area contributed by atoms with Crippen LogP contribution in [0.2, 0.25) is 0 Å². The predicted octanol–water partition coefficient (Wildman–Crippen LogP) is 2.25. The zero-order chi connectivity index (χ0) is 11.4. The molecule has 86 valence electrons. The minimum Gasteiger partial charge on any atom is -0.323 e. The molecule has 2 heterocycles. The number of hydrogen-bond donors (Lipinski definition) is 1. The van der Waals surface area contributed by atoms with Gasteiger partial charge in [-0.05, 0) is 13.3 Å². The largest absolute Gasteiger partial charge is 0.323 e. The molecule has 0 aromatic carbocycles. The normalized spacial score (nSPS) is 10.6. The Hall–Kier alpha value is -1.78. The molecular weight excluding hydrogens is 202 g/mol. The van der Waals surface area contributed by atoms with Crippen molar-refractivity contribution >= 4 is 11.6 Å². The molecular formula is C11H17N5. The van der Waals surface area contributed by atoms with Crippen LogP contribution in [0.3, 0.4) is 0 Å². The second kappa shape index (κ2) is 4.83. The number of imidazole rings is 1. The highest BCUT2D eigenvalue weighted by molar-refractivity contribution is 5.50. The van der Waals surface area contributed by atoms with Crippen molar-refractivity contribution in [3.63, 3.8) is 0 Å². The fraction of sp³-hybridized carbons (Fsp3) is 0.455. The summed E-state index contributed by atoms with van der Waals surface area (Å²) in [5.74, 6) is 0.873. The van der Waals surface area contributed by atoms with Crippen LogP contribution in [0.5, 0.6) is 0 Å². The van der Waals surface area contributed by atoms with Gasteiger partial charge in [-0.2, -0.15) is 5.10 Å². The van der Waals surface area contributed by atoms with Gasteiger partial charge < -0.3 is 9.88 Å². The molecule has 0 aliphatic carbocycles. The van der Waals surface area contributed by atoms with Crippen molar-refractivity contribution in [2.45, 2.75) is 33.4 Å². The van der Waals surface area contributed by atoms with E-state index in [9.17, 15) is 0 Å². The van der Waals surface area contributed by atoms with Crippen LogP contribution in [0.4, 0.5) is 11.6 Å². The molecule has 16 heavy (non-hydrogen) atoms. The van der Waals surface area contributed by atoms with Crippen molar-refractivity contribution < 1.29 is 0 Å². The van der Waals surface area contributed by atoms with E-state index in [1.54, 1.807) is 0 Å². The Balaban J connectivity index is 2.10. The Labute approximate surface area is 95.1 Å². The van der Waals surface area contributed by atoms with E-state index < -0.39 is 0 Å². The molecule has 2 aromatic rings. The van der Waals surface area contributed by atoms with Crippen molar-refractivity contribution in [2.24, 2.45) is 0 Å². The van der Waals surface area contributed by atoms with Gasteiger partial charge in [0.05, 0.1) is 11.9 Å². The van der Waals surface area contributed by atoms with Gasteiger partial charge in [0.25, 0.3) is 0 Å². The molecule has 2 aromatic heterocycles. The fourth-order valence-electron chi connectivity index (χ4n) is 1.58. The molecule has 0 aliphatic rings. The van der Waals surface area contributed by atoms with Crippen molar-refractivity contribution in [1.82, 2.24) is 19.3 Å². The Bertz CT molecular complexity index is 443. The molecule has 0 saturated carbocycles. The topological polar surface area (TPSA) is 47.7 Å². The van der Waals surface area contributed by atoms with Crippen molar-refractivity contribution in [1.29, 1.82) is 0 Å². The summed E-state index contributed by atoms with van der Waals surface area (Å²) in [5.41, 5.74) is 0.977. The van der Waals surface area contributed by atoms with Crippen molar-refractivity contribution in [3.05, 3.63) is 24.8 Å². The number of rotatable bonds is 5. The SMILES string of the molecule is CCCn1ccnc1Nc1cnn(CC)c1. The van der Waals surface area contributed by atoms with Gasteiger partial charge in [0.1, 0.15) is 0 Å². The van der Waals surface area contributed by atoms with Crippen LogP contribution in [0.1, 0.15) is 20.3 Å². The summed E-state index contributed by atoms with van der Waals surface area (Å²) >= 11 is 0. The van der Waals surface area contributed by atoms with E-state index in [2.05, 4.69) is 33.8 Å². The summed E-state index contributed by atoms with van der Waals surface area (Å²) in [6, 6.07) is 0. The lowest BCUT2D eigenvalue weighted by molar-refractivity contribution is 0.660. The van der Waals surface area contributed by atoms with E-state index in [0.717, 1.165) is 31.1 Å². The summed E-state index contributed by atoms with van der Waals surface area (Å²) in [6.07, 6.45) is 8.68. The molecule has 0 spiro atoms. The minimum absolute atomic E-state index is 0.873. The lowest BCUT2D eigenvalue weighted by Gasteiger charge is -2.06. The lowest BCUT2D eigenvalue weighted by Crippen LogP contribution is -2.02. The van der Waals surface area contributed by atoms with Crippen LogP contribution >= 0.6 is 0 Å². The van der Waals surface area contributed by atoms with Gasteiger partial charge in [0.15, 0.2) is 0 Å². The summed E-state index contributed by atoms with van der Waals surface area (Å²) in [6.45, 7) is 6.07. The zero-order valence-electron chi connectivity index (χ0n) is 9.72. The van der Waals surface area contributed by atoms with E-state index in [-0.39, 0.29) is 0 Å². The summed E-state index contributed by atoms with van der Waals surface area (Å²) in [5, 5.41) is 7.47. The number of nitrogens with zero attached hydrogens (tertiary/aromatic N) is 4. The maximum absolute atomic E-state index is 4.28. The van der Waals surface area contributed by atoms with Crippen LogP contribution in [0.15, 0.2) is 24.8 Å².